The van der Waals surface area contributed by atoms with Crippen molar-refractivity contribution in [2.45, 2.75) is 25.0 Å². The van der Waals surface area contributed by atoms with Crippen molar-refractivity contribution in [2.24, 2.45) is 0 Å². The maximum Gasteiger partial charge on any atom is 0.227 e. The highest BCUT2D eigenvalue weighted by atomic mass is 16.5. The van der Waals surface area contributed by atoms with Gasteiger partial charge in [0.1, 0.15) is 0 Å². The molecule has 6 heteroatoms. The van der Waals surface area contributed by atoms with E-state index in [4.69, 9.17) is 9.47 Å². The van der Waals surface area contributed by atoms with Gasteiger partial charge in [0.2, 0.25) is 5.91 Å². The van der Waals surface area contributed by atoms with Gasteiger partial charge in [0, 0.05) is 27.0 Å². The molecule has 1 aliphatic rings. The van der Waals surface area contributed by atoms with Crippen molar-refractivity contribution in [3.8, 4) is 5.69 Å². The number of likely N-dealkylation sites (tertiary alicyclic amines) is 1. The monoisotopic (exact) mass is 329 g/mol. The molecule has 0 bridgehead atoms. The van der Waals surface area contributed by atoms with Gasteiger partial charge in [-0.15, -0.1) is 0 Å². The molecule has 24 heavy (non-hydrogen) atoms. The van der Waals surface area contributed by atoms with E-state index >= 15 is 0 Å². The first-order chi connectivity index (χ1) is 11.7. The van der Waals surface area contributed by atoms with E-state index in [9.17, 15) is 4.79 Å². The Kier molecular flexibility index (Phi) is 5.27. The zero-order valence-corrected chi connectivity index (χ0v) is 14.1. The number of carbonyl (C=O) groups is 1. The minimum absolute atomic E-state index is 0.0802. The van der Waals surface area contributed by atoms with E-state index in [2.05, 4.69) is 5.10 Å². The fraction of sp³-hybridized carbons (Fsp3) is 0.444. The van der Waals surface area contributed by atoms with Crippen LogP contribution in [-0.2, 0) is 20.7 Å². The second-order valence-electron chi connectivity index (χ2n) is 6.05. The zero-order chi connectivity index (χ0) is 16.9. The highest BCUT2D eigenvalue weighted by Crippen LogP contribution is 2.21. The summed E-state index contributed by atoms with van der Waals surface area (Å²) in [6, 6.07) is 9.94. The van der Waals surface area contributed by atoms with Gasteiger partial charge in [0.25, 0.3) is 0 Å². The third-order valence-electron chi connectivity index (χ3n) is 4.40. The lowest BCUT2D eigenvalue weighted by Crippen LogP contribution is -2.39. The van der Waals surface area contributed by atoms with Crippen LogP contribution in [0.4, 0.5) is 0 Å². The van der Waals surface area contributed by atoms with Gasteiger partial charge in [-0.2, -0.15) is 5.10 Å². The van der Waals surface area contributed by atoms with Crippen LogP contribution in [0.5, 0.6) is 0 Å². The molecule has 6 nitrogen and oxygen atoms in total. The number of benzene rings is 1. The SMILES string of the molecule is COC[C@@H]1C[C@@H](OC)CN1C(=O)Cc1cnn(-c2ccccc2)c1. The van der Waals surface area contributed by atoms with Crippen molar-refractivity contribution >= 4 is 5.91 Å². The quantitative estimate of drug-likeness (QED) is 0.809. The Labute approximate surface area is 142 Å². The van der Waals surface area contributed by atoms with Crippen LogP contribution in [0.1, 0.15) is 12.0 Å². The first kappa shape index (κ1) is 16.7. The van der Waals surface area contributed by atoms with Crippen LogP contribution in [0.2, 0.25) is 0 Å². The van der Waals surface area contributed by atoms with Crippen LogP contribution in [0, 0.1) is 0 Å². The minimum atomic E-state index is 0.0802. The van der Waals surface area contributed by atoms with E-state index in [0.717, 1.165) is 17.7 Å². The molecule has 2 aromatic rings. The highest BCUT2D eigenvalue weighted by Gasteiger charge is 2.35. The van der Waals surface area contributed by atoms with Crippen molar-refractivity contribution in [3.05, 3.63) is 48.3 Å². The number of ether oxygens (including phenoxy) is 2. The number of nitrogens with zero attached hydrogens (tertiary/aromatic N) is 3. The van der Waals surface area contributed by atoms with E-state index in [1.54, 1.807) is 25.1 Å². The number of amides is 1. The van der Waals surface area contributed by atoms with Crippen molar-refractivity contribution in [1.29, 1.82) is 0 Å². The smallest absolute Gasteiger partial charge is 0.227 e. The Bertz CT molecular complexity index is 671. The third kappa shape index (κ3) is 3.66. The molecule has 3 rings (SSSR count). The molecule has 0 saturated carbocycles. The summed E-state index contributed by atoms with van der Waals surface area (Å²) in [4.78, 5) is 14.6. The minimum Gasteiger partial charge on any atom is -0.383 e. The predicted molar refractivity (Wildman–Crippen MR) is 90.1 cm³/mol. The Hall–Kier alpha value is -2.18. The number of hydrogen-bond acceptors (Lipinski definition) is 4. The molecule has 0 spiro atoms. The topological polar surface area (TPSA) is 56.6 Å². The number of rotatable bonds is 6. The molecule has 1 amide bonds. The molecule has 1 aromatic carbocycles. The van der Waals surface area contributed by atoms with Crippen LogP contribution in [0.15, 0.2) is 42.7 Å². The fourth-order valence-electron chi connectivity index (χ4n) is 3.15. The summed E-state index contributed by atoms with van der Waals surface area (Å²) in [5.74, 6) is 0.0872. The van der Waals surface area contributed by atoms with Crippen LogP contribution in [0.3, 0.4) is 0 Å². The molecule has 1 aliphatic heterocycles. The lowest BCUT2D eigenvalue weighted by molar-refractivity contribution is -0.132. The second kappa shape index (κ2) is 7.59. The number of aromatic nitrogens is 2. The number of carbonyl (C=O) groups excluding carboxylic acids is 1. The maximum absolute atomic E-state index is 12.7. The van der Waals surface area contributed by atoms with Gasteiger partial charge < -0.3 is 14.4 Å². The van der Waals surface area contributed by atoms with Crippen LogP contribution in [0.25, 0.3) is 5.69 Å². The van der Waals surface area contributed by atoms with Crippen LogP contribution < -0.4 is 0 Å². The van der Waals surface area contributed by atoms with Gasteiger partial charge in [-0.1, -0.05) is 18.2 Å². The number of hydrogen-bond donors (Lipinski definition) is 0. The summed E-state index contributed by atoms with van der Waals surface area (Å²) in [6.07, 6.45) is 4.90. The Balaban J connectivity index is 1.67. The number of para-hydroxylation sites is 1. The van der Waals surface area contributed by atoms with Gasteiger partial charge in [-0.3, -0.25) is 4.79 Å². The largest absolute Gasteiger partial charge is 0.383 e. The molecular weight excluding hydrogens is 306 g/mol. The summed E-state index contributed by atoms with van der Waals surface area (Å²) in [5, 5.41) is 4.35. The average molecular weight is 329 g/mol. The van der Waals surface area contributed by atoms with Gasteiger partial charge in [0.05, 0.1) is 37.1 Å². The molecule has 1 saturated heterocycles. The lowest BCUT2D eigenvalue weighted by atomic mass is 10.2. The van der Waals surface area contributed by atoms with Crippen molar-refractivity contribution < 1.29 is 14.3 Å². The molecule has 0 aliphatic carbocycles. The van der Waals surface area contributed by atoms with Crippen LogP contribution in [-0.4, -0.2) is 60.1 Å². The third-order valence-corrected chi connectivity index (χ3v) is 4.40. The average Bonchev–Trinajstić information content (AvgIpc) is 3.23. The first-order valence-corrected chi connectivity index (χ1v) is 8.11. The Morgan fingerprint density at radius 3 is 2.79 bits per heavy atom. The number of methoxy groups -OCH3 is 2. The van der Waals surface area contributed by atoms with E-state index in [-0.39, 0.29) is 18.1 Å². The van der Waals surface area contributed by atoms with E-state index in [0.29, 0.717) is 19.6 Å². The van der Waals surface area contributed by atoms with E-state index in [1.165, 1.54) is 0 Å². The van der Waals surface area contributed by atoms with Crippen LogP contribution >= 0.6 is 0 Å². The maximum atomic E-state index is 12.7. The molecule has 0 unspecified atom stereocenters. The Morgan fingerprint density at radius 1 is 1.29 bits per heavy atom. The normalized spacial score (nSPS) is 20.5. The summed E-state index contributed by atoms with van der Waals surface area (Å²) >= 11 is 0. The summed E-state index contributed by atoms with van der Waals surface area (Å²) in [7, 11) is 3.35. The predicted octanol–water partition coefficient (Wildman–Crippen LogP) is 1.68. The molecule has 1 aromatic heterocycles. The fourth-order valence-corrected chi connectivity index (χ4v) is 3.15. The molecule has 1 fully saturated rings. The van der Waals surface area contributed by atoms with Gasteiger partial charge in [-0.05, 0) is 24.1 Å². The molecule has 128 valence electrons. The summed E-state index contributed by atoms with van der Waals surface area (Å²) < 4.78 is 12.4. The van der Waals surface area contributed by atoms with Crippen molar-refractivity contribution in [3.63, 3.8) is 0 Å². The van der Waals surface area contributed by atoms with Gasteiger partial charge >= 0.3 is 0 Å². The summed E-state index contributed by atoms with van der Waals surface area (Å²) in [6.45, 7) is 1.16. The highest BCUT2D eigenvalue weighted by molar-refractivity contribution is 5.79. The molecule has 0 radical (unpaired) electrons. The van der Waals surface area contributed by atoms with E-state index in [1.807, 2.05) is 41.4 Å². The first-order valence-electron chi connectivity index (χ1n) is 8.11. The van der Waals surface area contributed by atoms with Gasteiger partial charge in [-0.25, -0.2) is 4.68 Å². The molecule has 2 atom stereocenters. The zero-order valence-electron chi connectivity index (χ0n) is 14.1. The lowest BCUT2D eigenvalue weighted by Gasteiger charge is -2.23. The summed E-state index contributed by atoms with van der Waals surface area (Å²) in [5.41, 5.74) is 1.88. The molecule has 2 heterocycles. The van der Waals surface area contributed by atoms with E-state index < -0.39 is 0 Å². The molecular formula is C18H23N3O3. The van der Waals surface area contributed by atoms with Crippen molar-refractivity contribution in [2.75, 3.05) is 27.4 Å². The standard InChI is InChI=1S/C18H23N3O3/c1-23-13-16-9-17(24-2)12-20(16)18(22)8-14-10-19-21(11-14)15-6-4-3-5-7-15/h3-7,10-11,16-17H,8-9,12-13H2,1-2H3/t16-,17+/m0/s1. The second-order valence-corrected chi connectivity index (χ2v) is 6.05. The van der Waals surface area contributed by atoms with Gasteiger partial charge in [0.15, 0.2) is 0 Å². The Morgan fingerprint density at radius 2 is 2.08 bits per heavy atom. The van der Waals surface area contributed by atoms with Crippen molar-refractivity contribution in [1.82, 2.24) is 14.7 Å². The molecule has 0 N–H and O–H groups in total.